The maximum atomic E-state index is 12.5. The van der Waals surface area contributed by atoms with Crippen LogP contribution >= 0.6 is 0 Å². The fourth-order valence-corrected chi connectivity index (χ4v) is 4.75. The molecule has 0 aromatic rings. The van der Waals surface area contributed by atoms with Crippen LogP contribution in [-0.4, -0.2) is 74.0 Å². The molecule has 0 radical (unpaired) electrons. The summed E-state index contributed by atoms with van der Waals surface area (Å²) in [7, 11) is 1.86. The van der Waals surface area contributed by atoms with Gasteiger partial charge in [-0.2, -0.15) is 0 Å². The molecule has 0 aromatic carbocycles. The van der Waals surface area contributed by atoms with E-state index in [9.17, 15) is 4.79 Å². The minimum Gasteiger partial charge on any atom is -0.355 e. The van der Waals surface area contributed by atoms with Crippen molar-refractivity contribution in [3.05, 3.63) is 0 Å². The third-order valence-corrected chi connectivity index (χ3v) is 6.69. The van der Waals surface area contributed by atoms with Gasteiger partial charge >= 0.3 is 0 Å². The van der Waals surface area contributed by atoms with Gasteiger partial charge in [0.1, 0.15) is 0 Å². The Morgan fingerprint density at radius 1 is 1.00 bits per heavy atom. The average Bonchev–Trinajstić information content (AvgIpc) is 3.23. The molecule has 0 spiro atoms. The van der Waals surface area contributed by atoms with Crippen LogP contribution in [0.2, 0.25) is 0 Å². The van der Waals surface area contributed by atoms with E-state index in [0.717, 1.165) is 64.0 Å². The molecule has 27 heavy (non-hydrogen) atoms. The van der Waals surface area contributed by atoms with Gasteiger partial charge in [-0.15, -0.1) is 0 Å². The molecule has 1 heterocycles. The predicted molar refractivity (Wildman–Crippen MR) is 111 cm³/mol. The first kappa shape index (κ1) is 20.4. The van der Waals surface area contributed by atoms with E-state index in [-0.39, 0.29) is 0 Å². The Morgan fingerprint density at radius 2 is 1.67 bits per heavy atom. The number of hydrogen-bond donors (Lipinski definition) is 2. The highest BCUT2D eigenvalue weighted by molar-refractivity contribution is 5.80. The summed E-state index contributed by atoms with van der Waals surface area (Å²) in [4.78, 5) is 21.5. The van der Waals surface area contributed by atoms with Gasteiger partial charge in [0.05, 0.1) is 0 Å². The van der Waals surface area contributed by atoms with E-state index in [2.05, 4.69) is 32.3 Å². The lowest BCUT2D eigenvalue weighted by atomic mass is 9.87. The van der Waals surface area contributed by atoms with Crippen LogP contribution in [0.5, 0.6) is 0 Å². The number of amides is 1. The van der Waals surface area contributed by atoms with Crippen molar-refractivity contribution in [2.45, 2.75) is 64.3 Å². The standard InChI is InChI=1S/C21H39N5O/c1-17-7-9-19(10-8-17)24-21(22-2)23-11-12-25-13-15-26(16-14-25)20(27)18-5-3-4-6-18/h17-19H,3-16H2,1-2H3,(H2,22,23,24). The average molecular weight is 378 g/mol. The van der Waals surface area contributed by atoms with Crippen LogP contribution in [0.1, 0.15) is 58.3 Å². The molecule has 3 aliphatic rings. The molecular weight excluding hydrogens is 338 g/mol. The Labute approximate surface area is 165 Å². The summed E-state index contributed by atoms with van der Waals surface area (Å²) in [5.74, 6) is 2.54. The SMILES string of the molecule is CN=C(NCCN1CCN(C(=O)C2CCCC2)CC1)NC1CCC(C)CC1. The van der Waals surface area contributed by atoms with E-state index in [4.69, 9.17) is 0 Å². The second-order valence-corrected chi connectivity index (χ2v) is 8.75. The largest absolute Gasteiger partial charge is 0.355 e. The summed E-state index contributed by atoms with van der Waals surface area (Å²) in [5, 5.41) is 7.06. The molecule has 6 heteroatoms. The molecule has 0 aromatic heterocycles. The van der Waals surface area contributed by atoms with Crippen LogP contribution in [0, 0.1) is 11.8 Å². The number of aliphatic imine (C=N–C) groups is 1. The number of nitrogens with zero attached hydrogens (tertiary/aromatic N) is 3. The van der Waals surface area contributed by atoms with E-state index < -0.39 is 0 Å². The van der Waals surface area contributed by atoms with E-state index in [1.807, 2.05) is 7.05 Å². The summed E-state index contributed by atoms with van der Waals surface area (Å²) < 4.78 is 0. The molecule has 6 nitrogen and oxygen atoms in total. The van der Waals surface area contributed by atoms with Crippen LogP contribution in [0.3, 0.4) is 0 Å². The normalized spacial score (nSPS) is 28.4. The molecule has 0 atom stereocenters. The van der Waals surface area contributed by atoms with Gasteiger partial charge < -0.3 is 15.5 Å². The van der Waals surface area contributed by atoms with Gasteiger partial charge in [0.25, 0.3) is 0 Å². The quantitative estimate of drug-likeness (QED) is 0.569. The van der Waals surface area contributed by atoms with E-state index in [0.29, 0.717) is 17.9 Å². The van der Waals surface area contributed by atoms with Crippen molar-refractivity contribution >= 4 is 11.9 Å². The zero-order chi connectivity index (χ0) is 19.1. The van der Waals surface area contributed by atoms with Crippen molar-refractivity contribution < 1.29 is 4.79 Å². The van der Waals surface area contributed by atoms with Gasteiger partial charge in [-0.1, -0.05) is 19.8 Å². The molecular formula is C21H39N5O. The second kappa shape index (κ2) is 10.3. The third-order valence-electron chi connectivity index (χ3n) is 6.69. The molecule has 1 amide bonds. The van der Waals surface area contributed by atoms with Crippen molar-refractivity contribution in [1.82, 2.24) is 20.4 Å². The molecule has 2 saturated carbocycles. The van der Waals surface area contributed by atoms with Gasteiger partial charge in [-0.25, -0.2) is 0 Å². The van der Waals surface area contributed by atoms with Gasteiger partial charge in [-0.05, 0) is 44.4 Å². The Hall–Kier alpha value is -1.30. The Morgan fingerprint density at radius 3 is 2.30 bits per heavy atom. The van der Waals surface area contributed by atoms with Gasteiger partial charge in [0.15, 0.2) is 5.96 Å². The van der Waals surface area contributed by atoms with Crippen LogP contribution in [0.4, 0.5) is 0 Å². The monoisotopic (exact) mass is 377 g/mol. The number of piperazine rings is 1. The Bertz CT molecular complexity index is 487. The van der Waals surface area contributed by atoms with Gasteiger partial charge in [-0.3, -0.25) is 14.7 Å². The predicted octanol–water partition coefficient (Wildman–Crippen LogP) is 2.06. The Kier molecular flexibility index (Phi) is 7.80. The molecule has 154 valence electrons. The second-order valence-electron chi connectivity index (χ2n) is 8.75. The minimum absolute atomic E-state index is 0.315. The molecule has 1 saturated heterocycles. The maximum Gasteiger partial charge on any atom is 0.225 e. The van der Waals surface area contributed by atoms with Crippen molar-refractivity contribution in [2.75, 3.05) is 46.3 Å². The highest BCUT2D eigenvalue weighted by Gasteiger charge is 2.29. The molecule has 2 aliphatic carbocycles. The topological polar surface area (TPSA) is 60.0 Å². The number of carbonyl (C=O) groups excluding carboxylic acids is 1. The summed E-state index contributed by atoms with van der Waals surface area (Å²) >= 11 is 0. The lowest BCUT2D eigenvalue weighted by molar-refractivity contribution is -0.137. The lowest BCUT2D eigenvalue weighted by Crippen LogP contribution is -2.52. The first-order valence-electron chi connectivity index (χ1n) is 11.1. The summed E-state index contributed by atoms with van der Waals surface area (Å²) in [6, 6.07) is 0.567. The highest BCUT2D eigenvalue weighted by Crippen LogP contribution is 2.27. The number of nitrogens with one attached hydrogen (secondary N) is 2. The van der Waals surface area contributed by atoms with Gasteiger partial charge in [0, 0.05) is 58.3 Å². The van der Waals surface area contributed by atoms with E-state index in [1.165, 1.54) is 38.5 Å². The smallest absolute Gasteiger partial charge is 0.225 e. The van der Waals surface area contributed by atoms with E-state index >= 15 is 0 Å². The van der Waals surface area contributed by atoms with Crippen molar-refractivity contribution in [2.24, 2.45) is 16.8 Å². The van der Waals surface area contributed by atoms with Crippen molar-refractivity contribution in [1.29, 1.82) is 0 Å². The third kappa shape index (κ3) is 6.09. The molecule has 2 N–H and O–H groups in total. The highest BCUT2D eigenvalue weighted by atomic mass is 16.2. The molecule has 0 unspecified atom stereocenters. The maximum absolute atomic E-state index is 12.5. The first-order valence-corrected chi connectivity index (χ1v) is 11.1. The minimum atomic E-state index is 0.315. The number of hydrogen-bond acceptors (Lipinski definition) is 3. The summed E-state index contributed by atoms with van der Waals surface area (Å²) in [6.45, 7) is 8.03. The number of rotatable bonds is 5. The molecule has 0 bridgehead atoms. The lowest BCUT2D eigenvalue weighted by Gasteiger charge is -2.36. The van der Waals surface area contributed by atoms with Crippen LogP contribution in [0.15, 0.2) is 4.99 Å². The van der Waals surface area contributed by atoms with Crippen molar-refractivity contribution in [3.63, 3.8) is 0 Å². The Balaban J connectivity index is 1.30. The molecule has 3 fully saturated rings. The van der Waals surface area contributed by atoms with Crippen LogP contribution < -0.4 is 10.6 Å². The van der Waals surface area contributed by atoms with E-state index in [1.54, 1.807) is 0 Å². The first-order chi connectivity index (χ1) is 13.2. The van der Waals surface area contributed by atoms with Gasteiger partial charge in [0.2, 0.25) is 5.91 Å². The summed E-state index contributed by atoms with van der Waals surface area (Å²) in [6.07, 6.45) is 9.81. The molecule has 3 rings (SSSR count). The zero-order valence-electron chi connectivity index (χ0n) is 17.4. The number of carbonyl (C=O) groups is 1. The molecule has 1 aliphatic heterocycles. The fraction of sp³-hybridized carbons (Fsp3) is 0.905. The zero-order valence-corrected chi connectivity index (χ0v) is 17.4. The van der Waals surface area contributed by atoms with Crippen LogP contribution in [0.25, 0.3) is 0 Å². The summed E-state index contributed by atoms with van der Waals surface area (Å²) in [5.41, 5.74) is 0. The van der Waals surface area contributed by atoms with Crippen molar-refractivity contribution in [3.8, 4) is 0 Å². The number of guanidine groups is 1. The fourth-order valence-electron chi connectivity index (χ4n) is 4.75. The van der Waals surface area contributed by atoms with Crippen LogP contribution in [-0.2, 0) is 4.79 Å².